The highest BCUT2D eigenvalue weighted by atomic mass is 16.3. The number of carbonyl (C=O) groups is 1. The van der Waals surface area contributed by atoms with Gasteiger partial charge in [-0.1, -0.05) is 85.3 Å². The monoisotopic (exact) mass is 430 g/mol. The van der Waals surface area contributed by atoms with Gasteiger partial charge in [0.1, 0.15) is 5.75 Å². The van der Waals surface area contributed by atoms with Gasteiger partial charge in [0.05, 0.1) is 0 Å². The normalized spacial score (nSPS) is 10.9. The molecule has 0 aliphatic rings. The van der Waals surface area contributed by atoms with Gasteiger partial charge in [0.15, 0.2) is 0 Å². The third-order valence-electron chi connectivity index (χ3n) is 5.58. The molecular weight excluding hydrogens is 396 g/mol. The second-order valence-electron chi connectivity index (χ2n) is 8.22. The lowest BCUT2D eigenvalue weighted by atomic mass is 10.1. The Morgan fingerprint density at radius 3 is 1.97 bits per heavy atom. The van der Waals surface area contributed by atoms with E-state index in [2.05, 4.69) is 70.9 Å². The number of benzene rings is 3. The third kappa shape index (κ3) is 8.56. The molecule has 0 spiro atoms. The van der Waals surface area contributed by atoms with Crippen molar-refractivity contribution in [2.45, 2.75) is 45.2 Å². The summed E-state index contributed by atoms with van der Waals surface area (Å²) in [6.45, 7) is 3.62. The summed E-state index contributed by atoms with van der Waals surface area (Å²) < 4.78 is 0. The molecule has 0 radical (unpaired) electrons. The number of hydrogen-bond donors (Lipinski definition) is 2. The van der Waals surface area contributed by atoms with Crippen LogP contribution in [0.25, 0.3) is 0 Å². The van der Waals surface area contributed by atoms with Crippen LogP contribution in [-0.2, 0) is 24.3 Å². The molecule has 1 amide bonds. The molecule has 4 heteroatoms. The van der Waals surface area contributed by atoms with E-state index in [1.807, 2.05) is 12.1 Å². The highest BCUT2D eigenvalue weighted by Crippen LogP contribution is 2.17. The van der Waals surface area contributed by atoms with E-state index < -0.39 is 0 Å². The SMILES string of the molecule is O=C(CCc1ccccc1O)NCCCCCN(Cc1ccccc1)Cc1ccccc1. The number of aryl methyl sites for hydroxylation is 1. The Bertz CT molecular complexity index is 887. The Kier molecular flexibility index (Phi) is 9.81. The number of rotatable bonds is 13. The largest absolute Gasteiger partial charge is 0.508 e. The van der Waals surface area contributed by atoms with Crippen LogP contribution in [0, 0.1) is 0 Å². The lowest BCUT2D eigenvalue weighted by Crippen LogP contribution is -2.26. The van der Waals surface area contributed by atoms with E-state index in [0.29, 0.717) is 19.4 Å². The summed E-state index contributed by atoms with van der Waals surface area (Å²) in [4.78, 5) is 14.6. The maximum atomic E-state index is 12.1. The molecule has 0 heterocycles. The summed E-state index contributed by atoms with van der Waals surface area (Å²) in [6.07, 6.45) is 4.13. The summed E-state index contributed by atoms with van der Waals surface area (Å²) in [5.74, 6) is 0.305. The molecule has 0 bridgehead atoms. The van der Waals surface area contributed by atoms with Crippen molar-refractivity contribution in [1.29, 1.82) is 0 Å². The number of carbonyl (C=O) groups excluding carboxylic acids is 1. The van der Waals surface area contributed by atoms with Gasteiger partial charge in [0, 0.05) is 26.1 Å². The quantitative estimate of drug-likeness (QED) is 0.361. The summed E-state index contributed by atoms with van der Waals surface area (Å²) in [5, 5.41) is 12.8. The van der Waals surface area contributed by atoms with Gasteiger partial charge in [-0.25, -0.2) is 0 Å². The van der Waals surface area contributed by atoms with Crippen LogP contribution >= 0.6 is 0 Å². The minimum atomic E-state index is 0.0445. The number of phenols is 1. The Labute approximate surface area is 191 Å². The minimum absolute atomic E-state index is 0.0445. The second-order valence-corrected chi connectivity index (χ2v) is 8.22. The maximum Gasteiger partial charge on any atom is 0.220 e. The van der Waals surface area contributed by atoms with Crippen LogP contribution in [0.1, 0.15) is 42.4 Å². The first kappa shape index (κ1) is 23.6. The topological polar surface area (TPSA) is 52.6 Å². The number of amides is 1. The van der Waals surface area contributed by atoms with Crippen molar-refractivity contribution in [2.24, 2.45) is 0 Å². The van der Waals surface area contributed by atoms with Crippen molar-refractivity contribution >= 4 is 5.91 Å². The van der Waals surface area contributed by atoms with Gasteiger partial charge >= 0.3 is 0 Å². The fraction of sp³-hybridized carbons (Fsp3) is 0.321. The number of hydrogen-bond acceptors (Lipinski definition) is 3. The van der Waals surface area contributed by atoms with Gasteiger partial charge in [0.2, 0.25) is 5.91 Å². The number of aromatic hydroxyl groups is 1. The lowest BCUT2D eigenvalue weighted by Gasteiger charge is -2.22. The zero-order valence-corrected chi connectivity index (χ0v) is 18.7. The Morgan fingerprint density at radius 1 is 0.750 bits per heavy atom. The fourth-order valence-corrected chi connectivity index (χ4v) is 3.82. The number of para-hydroxylation sites is 1. The summed E-state index contributed by atoms with van der Waals surface area (Å²) in [6, 6.07) is 28.4. The van der Waals surface area contributed by atoms with Crippen molar-refractivity contribution in [3.05, 3.63) is 102 Å². The van der Waals surface area contributed by atoms with Crippen molar-refractivity contribution in [1.82, 2.24) is 10.2 Å². The van der Waals surface area contributed by atoms with Gasteiger partial charge in [-0.15, -0.1) is 0 Å². The minimum Gasteiger partial charge on any atom is -0.508 e. The van der Waals surface area contributed by atoms with Crippen LogP contribution in [-0.4, -0.2) is 29.0 Å². The molecule has 3 aromatic rings. The van der Waals surface area contributed by atoms with Crippen molar-refractivity contribution in [3.63, 3.8) is 0 Å². The molecule has 0 aromatic heterocycles. The van der Waals surface area contributed by atoms with Gasteiger partial charge in [0.25, 0.3) is 0 Å². The van der Waals surface area contributed by atoms with E-state index in [-0.39, 0.29) is 11.7 Å². The predicted molar refractivity (Wildman–Crippen MR) is 130 cm³/mol. The zero-order chi connectivity index (χ0) is 22.4. The molecule has 2 N–H and O–H groups in total. The van der Waals surface area contributed by atoms with Crippen LogP contribution < -0.4 is 5.32 Å². The molecule has 0 fully saturated rings. The maximum absolute atomic E-state index is 12.1. The summed E-state index contributed by atoms with van der Waals surface area (Å²) in [5.41, 5.74) is 3.49. The van der Waals surface area contributed by atoms with Crippen LogP contribution in [0.2, 0.25) is 0 Å². The molecule has 0 atom stereocenters. The van der Waals surface area contributed by atoms with Crippen molar-refractivity contribution < 1.29 is 9.90 Å². The van der Waals surface area contributed by atoms with Crippen LogP contribution in [0.15, 0.2) is 84.9 Å². The van der Waals surface area contributed by atoms with Crippen LogP contribution in [0.3, 0.4) is 0 Å². The predicted octanol–water partition coefficient (Wildman–Crippen LogP) is 5.31. The van der Waals surface area contributed by atoms with Gasteiger partial charge in [-0.05, 0) is 48.6 Å². The Hall–Kier alpha value is -3.11. The lowest BCUT2D eigenvalue weighted by molar-refractivity contribution is -0.121. The number of nitrogens with zero attached hydrogens (tertiary/aromatic N) is 1. The highest BCUT2D eigenvalue weighted by Gasteiger charge is 2.08. The molecule has 4 nitrogen and oxygen atoms in total. The summed E-state index contributed by atoms with van der Waals surface area (Å²) in [7, 11) is 0. The van der Waals surface area contributed by atoms with Crippen LogP contribution in [0.4, 0.5) is 0 Å². The molecule has 0 aliphatic carbocycles. The first-order valence-corrected chi connectivity index (χ1v) is 11.5. The van der Waals surface area contributed by atoms with E-state index in [0.717, 1.165) is 44.5 Å². The third-order valence-corrected chi connectivity index (χ3v) is 5.58. The van der Waals surface area contributed by atoms with E-state index in [1.165, 1.54) is 11.1 Å². The Balaban J connectivity index is 1.35. The number of unbranched alkanes of at least 4 members (excludes halogenated alkanes) is 2. The first-order valence-electron chi connectivity index (χ1n) is 11.5. The van der Waals surface area contributed by atoms with Gasteiger partial charge < -0.3 is 10.4 Å². The molecule has 168 valence electrons. The molecule has 0 aliphatic heterocycles. The molecular formula is C28H34N2O2. The Morgan fingerprint density at radius 2 is 1.34 bits per heavy atom. The molecule has 3 rings (SSSR count). The van der Waals surface area contributed by atoms with Crippen LogP contribution in [0.5, 0.6) is 5.75 Å². The van der Waals surface area contributed by atoms with Crippen molar-refractivity contribution in [3.8, 4) is 5.75 Å². The molecule has 0 unspecified atom stereocenters. The van der Waals surface area contributed by atoms with E-state index in [4.69, 9.17) is 0 Å². The second kappa shape index (κ2) is 13.3. The first-order chi connectivity index (χ1) is 15.7. The van der Waals surface area contributed by atoms with E-state index in [9.17, 15) is 9.90 Å². The zero-order valence-electron chi connectivity index (χ0n) is 18.7. The smallest absolute Gasteiger partial charge is 0.220 e. The number of phenolic OH excluding ortho intramolecular Hbond substituents is 1. The van der Waals surface area contributed by atoms with Gasteiger partial charge in [-0.3, -0.25) is 9.69 Å². The molecule has 3 aromatic carbocycles. The van der Waals surface area contributed by atoms with E-state index in [1.54, 1.807) is 12.1 Å². The van der Waals surface area contributed by atoms with E-state index >= 15 is 0 Å². The fourth-order valence-electron chi connectivity index (χ4n) is 3.82. The standard InChI is InChI=1S/C28H34N2O2/c31-27-17-9-8-16-26(27)18-19-28(32)29-20-10-3-11-21-30(22-24-12-4-1-5-13-24)23-25-14-6-2-7-15-25/h1-2,4-9,12-17,31H,3,10-11,18-23H2,(H,29,32). The molecule has 32 heavy (non-hydrogen) atoms. The molecule has 0 saturated heterocycles. The average molecular weight is 431 g/mol. The average Bonchev–Trinajstić information content (AvgIpc) is 2.82. The van der Waals surface area contributed by atoms with Crippen molar-refractivity contribution in [2.75, 3.05) is 13.1 Å². The highest BCUT2D eigenvalue weighted by molar-refractivity contribution is 5.76. The van der Waals surface area contributed by atoms with Gasteiger partial charge in [-0.2, -0.15) is 0 Å². The molecule has 0 saturated carbocycles. The summed E-state index contributed by atoms with van der Waals surface area (Å²) >= 11 is 0. The number of nitrogens with one attached hydrogen (secondary N) is 1.